The van der Waals surface area contributed by atoms with Crippen molar-refractivity contribution in [3.8, 4) is 5.75 Å². The molecule has 7 heteroatoms. The summed E-state index contributed by atoms with van der Waals surface area (Å²) in [6, 6.07) is 16.0. The quantitative estimate of drug-likeness (QED) is 0.531. The van der Waals surface area contributed by atoms with Gasteiger partial charge in [0, 0.05) is 13.1 Å². The normalized spacial score (nSPS) is 16.0. The Morgan fingerprint density at radius 3 is 2.57 bits per heavy atom. The number of nitrogens with zero attached hydrogens (tertiary/aromatic N) is 1. The highest BCUT2D eigenvalue weighted by Gasteiger charge is 2.35. The van der Waals surface area contributed by atoms with E-state index in [-0.39, 0.29) is 37.9 Å². The van der Waals surface area contributed by atoms with Gasteiger partial charge in [0.05, 0.1) is 12.8 Å². The molecule has 1 unspecified atom stereocenters. The van der Waals surface area contributed by atoms with Crippen LogP contribution in [0.4, 0.5) is 0 Å². The van der Waals surface area contributed by atoms with Crippen molar-refractivity contribution in [2.24, 2.45) is 0 Å². The molecule has 30 heavy (non-hydrogen) atoms. The molecule has 1 aliphatic heterocycles. The van der Waals surface area contributed by atoms with E-state index < -0.39 is 12.0 Å². The summed E-state index contributed by atoms with van der Waals surface area (Å²) in [4.78, 5) is 38.9. The summed E-state index contributed by atoms with van der Waals surface area (Å²) in [5, 5.41) is 2.72. The molecule has 1 saturated heterocycles. The van der Waals surface area contributed by atoms with Gasteiger partial charge in [-0.25, -0.2) is 0 Å². The number of benzene rings is 2. The number of ether oxygens (including phenoxy) is 2. The van der Waals surface area contributed by atoms with Gasteiger partial charge < -0.3 is 19.7 Å². The van der Waals surface area contributed by atoms with E-state index in [0.717, 1.165) is 11.1 Å². The molecule has 0 aliphatic carbocycles. The van der Waals surface area contributed by atoms with Crippen molar-refractivity contribution in [1.29, 1.82) is 0 Å². The van der Waals surface area contributed by atoms with E-state index in [9.17, 15) is 14.4 Å². The lowest BCUT2D eigenvalue weighted by molar-refractivity contribution is -0.152. The molecule has 0 spiro atoms. The molecule has 2 aromatic rings. The van der Waals surface area contributed by atoms with Gasteiger partial charge in [-0.3, -0.25) is 14.4 Å². The van der Waals surface area contributed by atoms with Gasteiger partial charge in [-0.15, -0.1) is 0 Å². The number of para-hydroxylation sites is 1. The van der Waals surface area contributed by atoms with E-state index in [2.05, 4.69) is 5.32 Å². The van der Waals surface area contributed by atoms with E-state index in [1.165, 1.54) is 4.90 Å². The summed E-state index contributed by atoms with van der Waals surface area (Å²) >= 11 is 0. The van der Waals surface area contributed by atoms with Gasteiger partial charge in [0.1, 0.15) is 25.0 Å². The van der Waals surface area contributed by atoms with Gasteiger partial charge in [-0.1, -0.05) is 42.5 Å². The maximum Gasteiger partial charge on any atom is 0.308 e. The summed E-state index contributed by atoms with van der Waals surface area (Å²) in [5.41, 5.74) is 1.93. The Morgan fingerprint density at radius 1 is 1.07 bits per heavy atom. The number of carbonyl (C=O) groups excluding carboxylic acids is 3. The zero-order chi connectivity index (χ0) is 21.3. The van der Waals surface area contributed by atoms with Crippen LogP contribution in [0.3, 0.4) is 0 Å². The molecule has 1 heterocycles. The molecular formula is C23H26N2O5. The molecule has 0 aromatic heterocycles. The molecule has 2 aromatic carbocycles. The molecule has 1 fully saturated rings. The van der Waals surface area contributed by atoms with E-state index in [1.54, 1.807) is 0 Å². The fourth-order valence-corrected chi connectivity index (χ4v) is 3.34. The molecule has 1 N–H and O–H groups in total. The first-order valence-electron chi connectivity index (χ1n) is 10.00. The summed E-state index contributed by atoms with van der Waals surface area (Å²) in [6.45, 7) is 2.96. The van der Waals surface area contributed by atoms with E-state index in [0.29, 0.717) is 18.8 Å². The lowest BCUT2D eigenvalue weighted by Gasteiger charge is -2.34. The van der Waals surface area contributed by atoms with E-state index >= 15 is 0 Å². The predicted octanol–water partition coefficient (Wildman–Crippen LogP) is 1.88. The second-order valence-corrected chi connectivity index (χ2v) is 7.08. The maximum absolute atomic E-state index is 12.8. The molecular weight excluding hydrogens is 384 g/mol. The largest absolute Gasteiger partial charge is 0.490 e. The molecule has 0 radical (unpaired) electrons. The number of piperazine rings is 1. The monoisotopic (exact) mass is 410 g/mol. The van der Waals surface area contributed by atoms with Crippen LogP contribution in [0.2, 0.25) is 0 Å². The van der Waals surface area contributed by atoms with Gasteiger partial charge in [0.15, 0.2) is 0 Å². The Hall–Kier alpha value is -3.35. The smallest absolute Gasteiger partial charge is 0.308 e. The summed E-state index contributed by atoms with van der Waals surface area (Å²) in [6.07, 6.45) is 0.00704. The second-order valence-electron chi connectivity index (χ2n) is 7.08. The average Bonchev–Trinajstić information content (AvgIpc) is 2.75. The average molecular weight is 410 g/mol. The summed E-state index contributed by atoms with van der Waals surface area (Å²) in [7, 11) is 0. The van der Waals surface area contributed by atoms with Gasteiger partial charge in [-0.2, -0.15) is 0 Å². The second kappa shape index (κ2) is 10.4. The Labute approximate surface area is 176 Å². The minimum Gasteiger partial charge on any atom is -0.490 e. The minimum absolute atomic E-state index is 0.0687. The van der Waals surface area contributed by atoms with Crippen molar-refractivity contribution in [2.45, 2.75) is 25.8 Å². The fourth-order valence-electron chi connectivity index (χ4n) is 3.34. The van der Waals surface area contributed by atoms with Crippen molar-refractivity contribution in [2.75, 3.05) is 26.3 Å². The Kier molecular flexibility index (Phi) is 7.43. The number of nitrogens with one attached hydrogen (secondary N) is 1. The lowest BCUT2D eigenvalue weighted by Crippen LogP contribution is -2.58. The third-order valence-corrected chi connectivity index (χ3v) is 4.97. The molecule has 0 saturated carbocycles. The highest BCUT2D eigenvalue weighted by molar-refractivity contribution is 5.92. The highest BCUT2D eigenvalue weighted by atomic mass is 16.6. The number of hydrogen-bond acceptors (Lipinski definition) is 5. The zero-order valence-electron chi connectivity index (χ0n) is 17.0. The van der Waals surface area contributed by atoms with Crippen molar-refractivity contribution in [3.63, 3.8) is 0 Å². The van der Waals surface area contributed by atoms with Crippen LogP contribution in [-0.2, 0) is 25.5 Å². The molecule has 1 aliphatic rings. The number of aryl methyl sites for hydroxylation is 1. The highest BCUT2D eigenvalue weighted by Crippen LogP contribution is 2.15. The van der Waals surface area contributed by atoms with Crippen molar-refractivity contribution in [1.82, 2.24) is 10.2 Å². The van der Waals surface area contributed by atoms with Crippen molar-refractivity contribution >= 4 is 17.8 Å². The van der Waals surface area contributed by atoms with Gasteiger partial charge >= 0.3 is 5.97 Å². The minimum atomic E-state index is -0.863. The van der Waals surface area contributed by atoms with Crippen LogP contribution in [0.1, 0.15) is 17.5 Å². The first-order chi connectivity index (χ1) is 14.5. The third-order valence-electron chi connectivity index (χ3n) is 4.97. The van der Waals surface area contributed by atoms with Gasteiger partial charge in [0.2, 0.25) is 11.8 Å². The Morgan fingerprint density at radius 2 is 1.80 bits per heavy atom. The zero-order valence-corrected chi connectivity index (χ0v) is 17.0. The van der Waals surface area contributed by atoms with E-state index in [4.69, 9.17) is 9.47 Å². The van der Waals surface area contributed by atoms with Crippen LogP contribution in [0.15, 0.2) is 54.6 Å². The summed E-state index contributed by atoms with van der Waals surface area (Å²) in [5.74, 6) is -0.364. The van der Waals surface area contributed by atoms with Crippen LogP contribution in [0.25, 0.3) is 0 Å². The van der Waals surface area contributed by atoms with Crippen LogP contribution < -0.4 is 10.1 Å². The number of amides is 2. The lowest BCUT2D eigenvalue weighted by atomic mass is 10.0. The van der Waals surface area contributed by atoms with Crippen LogP contribution >= 0.6 is 0 Å². The number of carbonyl (C=O) groups is 3. The fraction of sp³-hybridized carbons (Fsp3) is 0.348. The van der Waals surface area contributed by atoms with Crippen LogP contribution in [0, 0.1) is 6.92 Å². The number of esters is 1. The molecule has 1 atom stereocenters. The Balaban J connectivity index is 1.52. The van der Waals surface area contributed by atoms with Gasteiger partial charge in [-0.05, 0) is 30.2 Å². The molecule has 3 rings (SSSR count). The summed E-state index contributed by atoms with van der Waals surface area (Å²) < 4.78 is 10.7. The topological polar surface area (TPSA) is 84.9 Å². The predicted molar refractivity (Wildman–Crippen MR) is 111 cm³/mol. The maximum atomic E-state index is 12.8. The molecule has 158 valence electrons. The van der Waals surface area contributed by atoms with Crippen LogP contribution in [0.5, 0.6) is 5.75 Å². The third kappa shape index (κ3) is 5.83. The SMILES string of the molecule is Cc1ccccc1CC(=O)N1CCNC(=O)C1CC(=O)OCCOc1ccccc1. The number of hydrogen-bond donors (Lipinski definition) is 1. The van der Waals surface area contributed by atoms with Crippen molar-refractivity contribution < 1.29 is 23.9 Å². The van der Waals surface area contributed by atoms with E-state index in [1.807, 2.05) is 61.5 Å². The molecule has 7 nitrogen and oxygen atoms in total. The Bertz CT molecular complexity index is 884. The molecule has 0 bridgehead atoms. The van der Waals surface area contributed by atoms with Crippen LogP contribution in [-0.4, -0.2) is 55.0 Å². The molecule has 2 amide bonds. The van der Waals surface area contributed by atoms with Crippen molar-refractivity contribution in [3.05, 3.63) is 65.7 Å². The number of rotatable bonds is 8. The first-order valence-corrected chi connectivity index (χ1v) is 10.00. The standard InChI is InChI=1S/C23H26N2O5/c1-17-7-5-6-8-18(17)15-21(26)25-12-11-24-23(28)20(25)16-22(27)30-14-13-29-19-9-3-2-4-10-19/h2-10,20H,11-16H2,1H3,(H,24,28). The van der Waals surface area contributed by atoms with Gasteiger partial charge in [0.25, 0.3) is 0 Å². The first kappa shape index (κ1) is 21.4.